The quantitative estimate of drug-likeness (QED) is 0.463. The summed E-state index contributed by atoms with van der Waals surface area (Å²) < 4.78 is 16.9. The van der Waals surface area contributed by atoms with Gasteiger partial charge in [-0.3, -0.25) is 18.8 Å². The number of amides is 1. The topological polar surface area (TPSA) is 68.3 Å². The van der Waals surface area contributed by atoms with Crippen molar-refractivity contribution in [3.8, 4) is 11.3 Å². The van der Waals surface area contributed by atoms with Crippen molar-refractivity contribution in [2.24, 2.45) is 7.05 Å². The Morgan fingerprint density at radius 2 is 1.83 bits per heavy atom. The average Bonchev–Trinajstić information content (AvgIpc) is 3.36. The summed E-state index contributed by atoms with van der Waals surface area (Å²) in [5.74, 6) is -0.207. The van der Waals surface area contributed by atoms with Gasteiger partial charge in [-0.15, -0.1) is 0 Å². The van der Waals surface area contributed by atoms with Crippen LogP contribution in [0.3, 0.4) is 0 Å². The van der Waals surface area contributed by atoms with Gasteiger partial charge in [0.2, 0.25) is 0 Å². The number of anilines is 1. The Morgan fingerprint density at radius 3 is 2.63 bits per heavy atom. The van der Waals surface area contributed by atoms with Crippen molar-refractivity contribution in [2.75, 3.05) is 11.9 Å². The molecule has 0 bridgehead atoms. The van der Waals surface area contributed by atoms with Crippen molar-refractivity contribution < 1.29 is 9.18 Å². The van der Waals surface area contributed by atoms with Crippen LogP contribution in [0.15, 0.2) is 67.3 Å². The van der Waals surface area contributed by atoms with E-state index in [4.69, 9.17) is 0 Å². The number of fused-ring (bicyclic) bond motifs is 2. The third kappa shape index (κ3) is 2.89. The molecule has 0 aliphatic rings. The summed E-state index contributed by atoms with van der Waals surface area (Å²) in [6, 6.07) is 11.5. The lowest BCUT2D eigenvalue weighted by Crippen LogP contribution is -2.27. The standard InChI is InChI=1S/C22H17FN6O/c1-27(22(30)14-3-6-17(23)7-4-14)21-13-29-19(11-24-20(29)12-25-21)15-5-8-18-16(9-15)10-26-28(18)2/h3-13H,1-2H3. The Labute approximate surface area is 171 Å². The zero-order chi connectivity index (χ0) is 20.8. The van der Waals surface area contributed by atoms with Gasteiger partial charge in [-0.25, -0.2) is 14.4 Å². The maximum absolute atomic E-state index is 13.2. The highest BCUT2D eigenvalue weighted by Crippen LogP contribution is 2.26. The molecule has 0 radical (unpaired) electrons. The largest absolute Gasteiger partial charge is 0.295 e. The number of hydrogen-bond donors (Lipinski definition) is 0. The SMILES string of the molecule is CN(C(=O)c1ccc(F)cc1)c1cn2c(-c3ccc4c(cnn4C)c3)cnc2cn1. The van der Waals surface area contributed by atoms with Crippen molar-refractivity contribution in [3.63, 3.8) is 0 Å². The number of aryl methyl sites for hydroxylation is 1. The zero-order valence-corrected chi connectivity index (χ0v) is 16.3. The van der Waals surface area contributed by atoms with Crippen LogP contribution in [0.4, 0.5) is 10.2 Å². The highest BCUT2D eigenvalue weighted by molar-refractivity contribution is 6.05. The van der Waals surface area contributed by atoms with Crippen LogP contribution in [0.5, 0.6) is 0 Å². The molecule has 0 unspecified atom stereocenters. The number of halogens is 1. The van der Waals surface area contributed by atoms with E-state index in [0.29, 0.717) is 17.0 Å². The normalized spacial score (nSPS) is 11.3. The second kappa shape index (κ2) is 6.77. The van der Waals surface area contributed by atoms with Gasteiger partial charge in [-0.2, -0.15) is 5.10 Å². The first-order valence-corrected chi connectivity index (χ1v) is 9.30. The predicted molar refractivity (Wildman–Crippen MR) is 112 cm³/mol. The van der Waals surface area contributed by atoms with Gasteiger partial charge in [-0.1, -0.05) is 6.07 Å². The van der Waals surface area contributed by atoms with Crippen LogP contribution in [0.25, 0.3) is 27.8 Å². The fourth-order valence-corrected chi connectivity index (χ4v) is 3.48. The van der Waals surface area contributed by atoms with Crippen molar-refractivity contribution >= 4 is 28.3 Å². The Balaban J connectivity index is 1.55. The lowest BCUT2D eigenvalue weighted by molar-refractivity contribution is 0.0992. The molecule has 0 saturated heterocycles. The molecular formula is C22H17FN6O. The number of benzene rings is 2. The first-order valence-electron chi connectivity index (χ1n) is 9.30. The summed E-state index contributed by atoms with van der Waals surface area (Å²) in [5.41, 5.74) is 3.95. The minimum absolute atomic E-state index is 0.278. The molecule has 0 fully saturated rings. The Morgan fingerprint density at radius 1 is 1.03 bits per heavy atom. The van der Waals surface area contributed by atoms with Gasteiger partial charge in [-0.05, 0) is 36.4 Å². The van der Waals surface area contributed by atoms with Crippen molar-refractivity contribution in [3.05, 3.63) is 78.6 Å². The molecule has 0 aliphatic heterocycles. The van der Waals surface area contributed by atoms with E-state index in [1.807, 2.05) is 34.5 Å². The van der Waals surface area contributed by atoms with Crippen LogP contribution in [0, 0.1) is 5.82 Å². The predicted octanol–water partition coefficient (Wildman–Crippen LogP) is 3.70. The number of aromatic nitrogens is 5. The van der Waals surface area contributed by atoms with Crippen molar-refractivity contribution in [2.45, 2.75) is 0 Å². The zero-order valence-electron chi connectivity index (χ0n) is 16.3. The van der Waals surface area contributed by atoms with Gasteiger partial charge in [0.15, 0.2) is 11.5 Å². The summed E-state index contributed by atoms with van der Waals surface area (Å²) in [7, 11) is 3.54. The molecule has 0 aliphatic carbocycles. The van der Waals surface area contributed by atoms with E-state index in [-0.39, 0.29) is 11.7 Å². The van der Waals surface area contributed by atoms with Gasteiger partial charge in [0.1, 0.15) is 5.82 Å². The molecule has 3 heterocycles. The maximum atomic E-state index is 13.2. The van der Waals surface area contributed by atoms with Gasteiger partial charge in [0.05, 0.1) is 36.0 Å². The summed E-state index contributed by atoms with van der Waals surface area (Å²) in [6.07, 6.45) is 6.99. The van der Waals surface area contributed by atoms with E-state index < -0.39 is 0 Å². The van der Waals surface area contributed by atoms with E-state index in [0.717, 1.165) is 22.2 Å². The maximum Gasteiger partial charge on any atom is 0.259 e. The third-order valence-electron chi connectivity index (χ3n) is 5.16. The molecule has 148 valence electrons. The van der Waals surface area contributed by atoms with Gasteiger partial charge >= 0.3 is 0 Å². The second-order valence-corrected chi connectivity index (χ2v) is 7.03. The number of imidazole rings is 1. The minimum atomic E-state index is -0.387. The van der Waals surface area contributed by atoms with E-state index in [1.54, 1.807) is 25.6 Å². The molecule has 0 N–H and O–H groups in total. The third-order valence-corrected chi connectivity index (χ3v) is 5.16. The van der Waals surface area contributed by atoms with Crippen LogP contribution >= 0.6 is 0 Å². The summed E-state index contributed by atoms with van der Waals surface area (Å²) >= 11 is 0. The van der Waals surface area contributed by atoms with E-state index in [9.17, 15) is 9.18 Å². The average molecular weight is 400 g/mol. The number of carbonyl (C=O) groups excluding carboxylic acids is 1. The molecule has 0 atom stereocenters. The Hall–Kier alpha value is -4.07. The molecule has 5 aromatic rings. The van der Waals surface area contributed by atoms with Crippen molar-refractivity contribution in [1.29, 1.82) is 0 Å². The van der Waals surface area contributed by atoms with Crippen LogP contribution in [0.2, 0.25) is 0 Å². The van der Waals surface area contributed by atoms with Crippen LogP contribution in [-0.4, -0.2) is 37.1 Å². The second-order valence-electron chi connectivity index (χ2n) is 7.03. The Bertz CT molecular complexity index is 1400. The fourth-order valence-electron chi connectivity index (χ4n) is 3.48. The van der Waals surface area contributed by atoms with Crippen LogP contribution < -0.4 is 4.90 Å². The number of hydrogen-bond acceptors (Lipinski definition) is 4. The van der Waals surface area contributed by atoms with Crippen molar-refractivity contribution in [1.82, 2.24) is 24.1 Å². The molecular weight excluding hydrogens is 383 g/mol. The first kappa shape index (κ1) is 18.0. The summed E-state index contributed by atoms with van der Waals surface area (Å²) in [5, 5.41) is 5.32. The highest BCUT2D eigenvalue weighted by atomic mass is 19.1. The van der Waals surface area contributed by atoms with E-state index >= 15 is 0 Å². The smallest absolute Gasteiger partial charge is 0.259 e. The summed E-state index contributed by atoms with van der Waals surface area (Å²) in [4.78, 5) is 23.0. The molecule has 5 rings (SSSR count). The lowest BCUT2D eigenvalue weighted by atomic mass is 10.1. The molecule has 0 saturated carbocycles. The summed E-state index contributed by atoms with van der Waals surface area (Å²) in [6.45, 7) is 0. The Kier molecular flexibility index (Phi) is 4.06. The molecule has 2 aromatic carbocycles. The highest BCUT2D eigenvalue weighted by Gasteiger charge is 2.17. The van der Waals surface area contributed by atoms with E-state index in [2.05, 4.69) is 21.1 Å². The molecule has 7 nitrogen and oxygen atoms in total. The van der Waals surface area contributed by atoms with Gasteiger partial charge in [0, 0.05) is 30.6 Å². The molecule has 3 aromatic heterocycles. The minimum Gasteiger partial charge on any atom is -0.295 e. The molecule has 8 heteroatoms. The van der Waals surface area contributed by atoms with E-state index in [1.165, 1.54) is 29.2 Å². The molecule has 1 amide bonds. The molecule has 30 heavy (non-hydrogen) atoms. The monoisotopic (exact) mass is 400 g/mol. The van der Waals surface area contributed by atoms with Gasteiger partial charge in [0.25, 0.3) is 5.91 Å². The van der Waals surface area contributed by atoms with Crippen LogP contribution in [-0.2, 0) is 7.05 Å². The van der Waals surface area contributed by atoms with Crippen LogP contribution in [0.1, 0.15) is 10.4 Å². The number of carbonyl (C=O) groups is 1. The first-order chi connectivity index (χ1) is 14.5. The lowest BCUT2D eigenvalue weighted by Gasteiger charge is -2.16. The number of nitrogens with zero attached hydrogens (tertiary/aromatic N) is 6. The number of rotatable bonds is 3. The van der Waals surface area contributed by atoms with Gasteiger partial charge < -0.3 is 0 Å². The fraction of sp³-hybridized carbons (Fsp3) is 0.0909. The molecule has 0 spiro atoms.